The monoisotopic (exact) mass is 327 g/mol. The first-order valence-corrected chi connectivity index (χ1v) is 7.77. The zero-order valence-corrected chi connectivity index (χ0v) is 13.3. The van der Waals surface area contributed by atoms with Crippen molar-refractivity contribution in [3.63, 3.8) is 0 Å². The number of hydrogen-bond donors (Lipinski definition) is 1. The predicted octanol–water partition coefficient (Wildman–Crippen LogP) is 3.07. The first kappa shape index (κ1) is 16.2. The maximum atomic E-state index is 13.0. The van der Waals surface area contributed by atoms with Crippen LogP contribution in [0.25, 0.3) is 0 Å². The van der Waals surface area contributed by atoms with Crippen LogP contribution in [0, 0.1) is 5.82 Å². The maximum Gasteiger partial charge on any atom is 0.337 e. The van der Waals surface area contributed by atoms with Crippen molar-refractivity contribution in [3.8, 4) is 0 Å². The number of carbonyl (C=O) groups is 2. The lowest BCUT2D eigenvalue weighted by molar-refractivity contribution is 0.0600. The highest BCUT2D eigenvalue weighted by atomic mass is 19.1. The van der Waals surface area contributed by atoms with Gasteiger partial charge in [0.25, 0.3) is 5.91 Å². The molecule has 0 saturated heterocycles. The molecule has 1 aliphatic carbocycles. The third-order valence-electron chi connectivity index (χ3n) is 4.47. The molecule has 24 heavy (non-hydrogen) atoms. The Kier molecular flexibility index (Phi) is 4.34. The average Bonchev–Trinajstić information content (AvgIpc) is 3.41. The summed E-state index contributed by atoms with van der Waals surface area (Å²) in [5, 5.41) is 2.93. The molecule has 0 heterocycles. The molecule has 0 unspecified atom stereocenters. The largest absolute Gasteiger partial charge is 0.465 e. The molecule has 1 aliphatic rings. The van der Waals surface area contributed by atoms with Crippen molar-refractivity contribution in [2.75, 3.05) is 13.7 Å². The Morgan fingerprint density at radius 1 is 1.04 bits per heavy atom. The Morgan fingerprint density at radius 3 is 2.17 bits per heavy atom. The summed E-state index contributed by atoms with van der Waals surface area (Å²) in [6.45, 7) is 0.510. The number of rotatable bonds is 5. The van der Waals surface area contributed by atoms with E-state index in [4.69, 9.17) is 0 Å². The highest BCUT2D eigenvalue weighted by Crippen LogP contribution is 2.47. The smallest absolute Gasteiger partial charge is 0.337 e. The zero-order valence-electron chi connectivity index (χ0n) is 13.3. The second-order valence-electron chi connectivity index (χ2n) is 6.04. The van der Waals surface area contributed by atoms with E-state index >= 15 is 0 Å². The van der Waals surface area contributed by atoms with Crippen molar-refractivity contribution < 1.29 is 18.7 Å². The van der Waals surface area contributed by atoms with Crippen LogP contribution in [-0.4, -0.2) is 25.5 Å². The van der Waals surface area contributed by atoms with Gasteiger partial charge in [0, 0.05) is 17.5 Å². The zero-order chi connectivity index (χ0) is 17.2. The highest BCUT2D eigenvalue weighted by molar-refractivity contribution is 5.96. The summed E-state index contributed by atoms with van der Waals surface area (Å²) in [7, 11) is 1.31. The quantitative estimate of drug-likeness (QED) is 0.859. The van der Waals surface area contributed by atoms with Crippen LogP contribution in [0.2, 0.25) is 0 Å². The molecule has 1 saturated carbocycles. The second-order valence-corrected chi connectivity index (χ2v) is 6.04. The lowest BCUT2D eigenvalue weighted by Gasteiger charge is -2.16. The Balaban J connectivity index is 1.63. The first-order chi connectivity index (χ1) is 11.5. The number of hydrogen-bond acceptors (Lipinski definition) is 3. The number of esters is 1. The van der Waals surface area contributed by atoms with Gasteiger partial charge in [0.1, 0.15) is 5.82 Å². The van der Waals surface area contributed by atoms with Gasteiger partial charge in [-0.3, -0.25) is 4.79 Å². The maximum absolute atomic E-state index is 13.0. The van der Waals surface area contributed by atoms with E-state index in [1.165, 1.54) is 19.2 Å². The minimum absolute atomic E-state index is 0.0880. The van der Waals surface area contributed by atoms with Gasteiger partial charge in [0.2, 0.25) is 0 Å². The van der Waals surface area contributed by atoms with Gasteiger partial charge in [0.05, 0.1) is 12.7 Å². The van der Waals surface area contributed by atoms with Gasteiger partial charge >= 0.3 is 5.97 Å². The summed E-state index contributed by atoms with van der Waals surface area (Å²) in [6.07, 6.45) is 1.94. The summed E-state index contributed by atoms with van der Waals surface area (Å²) >= 11 is 0. The summed E-state index contributed by atoms with van der Waals surface area (Å²) < 4.78 is 17.7. The fraction of sp³-hybridized carbons (Fsp3) is 0.263. The predicted molar refractivity (Wildman–Crippen MR) is 87.4 cm³/mol. The third-order valence-corrected chi connectivity index (χ3v) is 4.47. The van der Waals surface area contributed by atoms with Crippen LogP contribution in [-0.2, 0) is 10.2 Å². The van der Waals surface area contributed by atoms with Crippen molar-refractivity contribution in [1.29, 1.82) is 0 Å². The fourth-order valence-electron chi connectivity index (χ4n) is 2.75. The Labute approximate surface area is 139 Å². The molecule has 5 heteroatoms. The van der Waals surface area contributed by atoms with Crippen LogP contribution in [0.3, 0.4) is 0 Å². The van der Waals surface area contributed by atoms with E-state index in [2.05, 4.69) is 10.1 Å². The molecule has 4 nitrogen and oxygen atoms in total. The minimum atomic E-state index is -0.435. The Bertz CT molecular complexity index is 749. The average molecular weight is 327 g/mol. The topological polar surface area (TPSA) is 55.4 Å². The van der Waals surface area contributed by atoms with Crippen molar-refractivity contribution in [2.24, 2.45) is 0 Å². The Hall–Kier alpha value is -2.69. The molecule has 0 spiro atoms. The van der Waals surface area contributed by atoms with Crippen LogP contribution in [0.1, 0.15) is 39.1 Å². The lowest BCUT2D eigenvalue weighted by Crippen LogP contribution is -2.32. The van der Waals surface area contributed by atoms with E-state index in [1.807, 2.05) is 0 Å². The van der Waals surface area contributed by atoms with Gasteiger partial charge in [-0.2, -0.15) is 0 Å². The minimum Gasteiger partial charge on any atom is -0.465 e. The van der Waals surface area contributed by atoms with Crippen LogP contribution in [0.4, 0.5) is 4.39 Å². The van der Waals surface area contributed by atoms with E-state index in [-0.39, 0.29) is 17.1 Å². The molecular formula is C19H18FNO3. The number of amides is 1. The first-order valence-electron chi connectivity index (χ1n) is 7.77. The lowest BCUT2D eigenvalue weighted by atomic mass is 9.96. The molecule has 2 aromatic rings. The number of ether oxygens (including phenoxy) is 1. The van der Waals surface area contributed by atoms with E-state index in [1.54, 1.807) is 36.4 Å². The Morgan fingerprint density at radius 2 is 1.62 bits per heavy atom. The highest BCUT2D eigenvalue weighted by Gasteiger charge is 2.44. The molecule has 0 atom stereocenters. The second kappa shape index (κ2) is 6.43. The summed E-state index contributed by atoms with van der Waals surface area (Å²) in [4.78, 5) is 23.7. The van der Waals surface area contributed by atoms with Crippen molar-refractivity contribution >= 4 is 11.9 Å². The number of methoxy groups -OCH3 is 1. The molecule has 3 rings (SSSR count). The molecule has 1 amide bonds. The van der Waals surface area contributed by atoms with E-state index in [9.17, 15) is 14.0 Å². The van der Waals surface area contributed by atoms with Crippen molar-refractivity contribution in [2.45, 2.75) is 18.3 Å². The number of benzene rings is 2. The van der Waals surface area contributed by atoms with Crippen LogP contribution in [0.15, 0.2) is 48.5 Å². The van der Waals surface area contributed by atoms with Gasteiger partial charge < -0.3 is 10.1 Å². The van der Waals surface area contributed by atoms with Crippen LogP contribution in [0.5, 0.6) is 0 Å². The van der Waals surface area contributed by atoms with E-state index in [0.29, 0.717) is 17.7 Å². The summed E-state index contributed by atoms with van der Waals surface area (Å²) in [5.74, 6) is -0.890. The normalized spacial score (nSPS) is 14.8. The fourth-order valence-corrected chi connectivity index (χ4v) is 2.75. The van der Waals surface area contributed by atoms with Crippen LogP contribution >= 0.6 is 0 Å². The third kappa shape index (κ3) is 3.30. The number of nitrogens with one attached hydrogen (secondary N) is 1. The van der Waals surface area contributed by atoms with E-state index in [0.717, 1.165) is 18.4 Å². The molecule has 2 aromatic carbocycles. The van der Waals surface area contributed by atoms with Gasteiger partial charge in [-0.1, -0.05) is 12.1 Å². The number of carbonyl (C=O) groups excluding carboxylic acids is 2. The molecule has 0 radical (unpaired) electrons. The molecule has 124 valence electrons. The van der Waals surface area contributed by atoms with Crippen molar-refractivity contribution in [1.82, 2.24) is 5.32 Å². The van der Waals surface area contributed by atoms with Gasteiger partial charge in [0.15, 0.2) is 0 Å². The van der Waals surface area contributed by atoms with E-state index < -0.39 is 5.97 Å². The molecular weight excluding hydrogens is 309 g/mol. The van der Waals surface area contributed by atoms with Gasteiger partial charge in [-0.25, -0.2) is 9.18 Å². The summed E-state index contributed by atoms with van der Waals surface area (Å²) in [6, 6.07) is 12.8. The molecule has 0 aromatic heterocycles. The van der Waals surface area contributed by atoms with Gasteiger partial charge in [-0.15, -0.1) is 0 Å². The number of halogens is 1. The van der Waals surface area contributed by atoms with Gasteiger partial charge in [-0.05, 0) is 54.8 Å². The summed E-state index contributed by atoms with van der Waals surface area (Å²) in [5.41, 5.74) is 1.84. The molecule has 0 aliphatic heterocycles. The SMILES string of the molecule is COC(=O)c1ccc(C(=O)NCC2(c3ccc(F)cc3)CC2)cc1. The molecule has 1 fully saturated rings. The molecule has 1 N–H and O–H groups in total. The van der Waals surface area contributed by atoms with Crippen molar-refractivity contribution in [3.05, 3.63) is 71.0 Å². The molecule has 0 bridgehead atoms. The van der Waals surface area contributed by atoms with Crippen LogP contribution < -0.4 is 5.32 Å². The standard InChI is InChI=1S/C19H18FNO3/c1-24-18(23)14-4-2-13(3-5-14)17(22)21-12-19(10-11-19)15-6-8-16(20)9-7-15/h2-9H,10-12H2,1H3,(H,21,22).